The molecule has 0 aliphatic carbocycles. The molecule has 0 radical (unpaired) electrons. The molecule has 1 N–H and O–H groups in total. The molecule has 0 bridgehead atoms. The molecule has 0 saturated carbocycles. The van der Waals surface area contributed by atoms with Crippen molar-refractivity contribution in [1.82, 2.24) is 9.78 Å². The van der Waals surface area contributed by atoms with E-state index in [9.17, 15) is 28.1 Å². The van der Waals surface area contributed by atoms with Crippen molar-refractivity contribution in [3.05, 3.63) is 76.1 Å². The summed E-state index contributed by atoms with van der Waals surface area (Å²) in [5.74, 6) is -0.313. The summed E-state index contributed by atoms with van der Waals surface area (Å²) in [6.45, 7) is 1.30. The van der Waals surface area contributed by atoms with Crippen molar-refractivity contribution in [3.63, 3.8) is 0 Å². The number of hydrogen-bond donors (Lipinski definition) is 1. The van der Waals surface area contributed by atoms with Crippen molar-refractivity contribution >= 4 is 22.8 Å². The number of carbonyl (C=O) groups excluding carboxylic acids is 1. The van der Waals surface area contributed by atoms with E-state index in [2.05, 4.69) is 10.4 Å². The Bertz CT molecular complexity index is 1060. The van der Waals surface area contributed by atoms with Gasteiger partial charge in [-0.2, -0.15) is 18.3 Å². The molecule has 10 heteroatoms. The van der Waals surface area contributed by atoms with Gasteiger partial charge in [-0.1, -0.05) is 6.07 Å². The third kappa shape index (κ3) is 4.00. The molecule has 0 amide bonds. The van der Waals surface area contributed by atoms with Crippen LogP contribution in [0.2, 0.25) is 0 Å². The van der Waals surface area contributed by atoms with E-state index in [0.29, 0.717) is 5.69 Å². The average molecular weight is 390 g/mol. The summed E-state index contributed by atoms with van der Waals surface area (Å²) in [6.07, 6.45) is -1.76. The number of alkyl halides is 3. The number of aromatic nitrogens is 2. The van der Waals surface area contributed by atoms with Crippen LogP contribution < -0.4 is 5.32 Å². The van der Waals surface area contributed by atoms with Gasteiger partial charge in [0.25, 0.3) is 5.69 Å². The summed E-state index contributed by atoms with van der Waals surface area (Å²) >= 11 is 0. The standard InChI is InChI=1S/C18H13F3N4O3/c1-11(26)12-5-6-16(17(7-12)25(27)28)23-14-9-22-24(10-14)15-4-2-3-13(8-15)18(19,20)21/h2-10,23H,1H3. The number of carbonyl (C=O) groups is 1. The highest BCUT2D eigenvalue weighted by atomic mass is 19.4. The second kappa shape index (κ2) is 7.14. The van der Waals surface area contributed by atoms with Crippen molar-refractivity contribution in [2.24, 2.45) is 0 Å². The minimum absolute atomic E-state index is 0.124. The van der Waals surface area contributed by atoms with Crippen molar-refractivity contribution < 1.29 is 22.9 Å². The Kier molecular flexibility index (Phi) is 4.87. The van der Waals surface area contributed by atoms with Gasteiger partial charge in [-0.15, -0.1) is 0 Å². The van der Waals surface area contributed by atoms with E-state index in [-0.39, 0.29) is 28.4 Å². The maximum atomic E-state index is 12.9. The fourth-order valence-corrected chi connectivity index (χ4v) is 2.52. The molecule has 0 unspecified atom stereocenters. The van der Waals surface area contributed by atoms with Crippen LogP contribution in [0.1, 0.15) is 22.8 Å². The van der Waals surface area contributed by atoms with Crippen molar-refractivity contribution in [1.29, 1.82) is 0 Å². The van der Waals surface area contributed by atoms with Gasteiger partial charge < -0.3 is 5.32 Å². The van der Waals surface area contributed by atoms with Gasteiger partial charge >= 0.3 is 6.18 Å². The summed E-state index contributed by atoms with van der Waals surface area (Å²) in [7, 11) is 0. The van der Waals surface area contributed by atoms with Gasteiger partial charge in [0.2, 0.25) is 0 Å². The lowest BCUT2D eigenvalue weighted by atomic mass is 10.1. The second-order valence-corrected chi connectivity index (χ2v) is 5.89. The minimum Gasteiger partial charge on any atom is -0.347 e. The van der Waals surface area contributed by atoms with Gasteiger partial charge in [0.05, 0.1) is 34.3 Å². The molecule has 0 atom stereocenters. The SMILES string of the molecule is CC(=O)c1ccc(Nc2cnn(-c3cccc(C(F)(F)F)c3)c2)c([N+](=O)[O-])c1. The van der Waals surface area contributed by atoms with Crippen LogP contribution in [0, 0.1) is 10.1 Å². The molecule has 28 heavy (non-hydrogen) atoms. The summed E-state index contributed by atoms with van der Waals surface area (Å²) in [4.78, 5) is 22.1. The Labute approximate surface area is 156 Å². The van der Waals surface area contributed by atoms with Crippen molar-refractivity contribution in [2.45, 2.75) is 13.1 Å². The summed E-state index contributed by atoms with van der Waals surface area (Å²) < 4.78 is 39.8. The first-order chi connectivity index (χ1) is 13.1. The molecular weight excluding hydrogens is 377 g/mol. The van der Waals surface area contributed by atoms with Gasteiger partial charge in [-0.05, 0) is 37.3 Å². The third-order valence-electron chi connectivity index (χ3n) is 3.90. The lowest BCUT2D eigenvalue weighted by molar-refractivity contribution is -0.383. The fraction of sp³-hybridized carbons (Fsp3) is 0.111. The number of ketones is 1. The maximum Gasteiger partial charge on any atom is 0.416 e. The first-order valence-electron chi connectivity index (χ1n) is 7.94. The molecule has 3 rings (SSSR count). The molecule has 0 fully saturated rings. The normalized spacial score (nSPS) is 11.3. The first-order valence-corrected chi connectivity index (χ1v) is 7.94. The molecule has 0 aliphatic rings. The summed E-state index contributed by atoms with van der Waals surface area (Å²) in [6, 6.07) is 8.59. The lowest BCUT2D eigenvalue weighted by Gasteiger charge is -2.08. The molecule has 0 spiro atoms. The van der Waals surface area contributed by atoms with E-state index in [1.807, 2.05) is 0 Å². The fourth-order valence-electron chi connectivity index (χ4n) is 2.52. The Balaban J connectivity index is 1.90. The van der Waals surface area contributed by atoms with Gasteiger partial charge in [0, 0.05) is 11.6 Å². The van der Waals surface area contributed by atoms with Crippen molar-refractivity contribution in [3.8, 4) is 5.69 Å². The van der Waals surface area contributed by atoms with Crippen LogP contribution in [0.4, 0.5) is 30.2 Å². The first kappa shape index (κ1) is 19.1. The molecule has 2 aromatic carbocycles. The van der Waals surface area contributed by atoms with Crippen LogP contribution in [0.3, 0.4) is 0 Å². The van der Waals surface area contributed by atoms with Crippen LogP contribution in [0.15, 0.2) is 54.9 Å². The topological polar surface area (TPSA) is 90.1 Å². The van der Waals surface area contributed by atoms with Crippen LogP contribution in [-0.4, -0.2) is 20.5 Å². The summed E-state index contributed by atoms with van der Waals surface area (Å²) in [5.41, 5.74) is -0.291. The number of nitro groups is 1. The Hall–Kier alpha value is -3.69. The van der Waals surface area contributed by atoms with E-state index in [0.717, 1.165) is 18.2 Å². The Morgan fingerprint density at radius 3 is 2.61 bits per heavy atom. The monoisotopic (exact) mass is 390 g/mol. The maximum absolute atomic E-state index is 12.9. The predicted octanol–water partition coefficient (Wildman–Crippen LogP) is 4.75. The molecule has 7 nitrogen and oxygen atoms in total. The number of anilines is 2. The number of nitrogens with one attached hydrogen (secondary N) is 1. The number of hydrogen-bond acceptors (Lipinski definition) is 5. The lowest BCUT2D eigenvalue weighted by Crippen LogP contribution is -2.06. The third-order valence-corrected chi connectivity index (χ3v) is 3.90. The number of nitrogens with zero attached hydrogens (tertiary/aromatic N) is 3. The number of nitro benzene ring substituents is 1. The highest BCUT2D eigenvalue weighted by molar-refractivity contribution is 5.95. The van der Waals surface area contributed by atoms with Gasteiger partial charge in [-0.3, -0.25) is 14.9 Å². The van der Waals surface area contributed by atoms with Gasteiger partial charge in [0.15, 0.2) is 5.78 Å². The number of benzene rings is 2. The van der Waals surface area contributed by atoms with Crippen LogP contribution in [0.5, 0.6) is 0 Å². The van der Waals surface area contributed by atoms with Crippen LogP contribution >= 0.6 is 0 Å². The van der Waals surface area contributed by atoms with E-state index in [1.54, 1.807) is 0 Å². The van der Waals surface area contributed by atoms with E-state index in [1.165, 1.54) is 48.3 Å². The van der Waals surface area contributed by atoms with Crippen LogP contribution in [-0.2, 0) is 6.18 Å². The summed E-state index contributed by atoms with van der Waals surface area (Å²) in [5, 5.41) is 18.1. The van der Waals surface area contributed by atoms with Crippen molar-refractivity contribution in [2.75, 3.05) is 5.32 Å². The molecule has 1 heterocycles. The number of rotatable bonds is 5. The average Bonchev–Trinajstić information content (AvgIpc) is 3.09. The van der Waals surface area contributed by atoms with E-state index >= 15 is 0 Å². The smallest absolute Gasteiger partial charge is 0.347 e. The Morgan fingerprint density at radius 1 is 1.21 bits per heavy atom. The highest BCUT2D eigenvalue weighted by Gasteiger charge is 2.30. The quantitative estimate of drug-likeness (QED) is 0.386. The Morgan fingerprint density at radius 2 is 1.96 bits per heavy atom. The zero-order valence-electron chi connectivity index (χ0n) is 14.4. The molecule has 144 valence electrons. The van der Waals surface area contributed by atoms with E-state index in [4.69, 9.17) is 0 Å². The molecule has 0 aliphatic heterocycles. The highest BCUT2D eigenvalue weighted by Crippen LogP contribution is 2.31. The molecule has 3 aromatic rings. The zero-order valence-corrected chi connectivity index (χ0v) is 14.4. The van der Waals surface area contributed by atoms with E-state index < -0.39 is 16.7 Å². The van der Waals surface area contributed by atoms with Gasteiger partial charge in [0.1, 0.15) is 5.69 Å². The molecule has 1 aromatic heterocycles. The second-order valence-electron chi connectivity index (χ2n) is 5.89. The largest absolute Gasteiger partial charge is 0.416 e. The minimum atomic E-state index is -4.48. The molecule has 0 saturated heterocycles. The zero-order chi connectivity index (χ0) is 20.5. The number of halogens is 3. The predicted molar refractivity (Wildman–Crippen MR) is 94.9 cm³/mol. The molecular formula is C18H13F3N4O3. The van der Waals surface area contributed by atoms with Crippen LogP contribution in [0.25, 0.3) is 5.69 Å². The number of Topliss-reactive ketones (excluding diaryl/α,β-unsaturated/α-hetero) is 1. The van der Waals surface area contributed by atoms with Gasteiger partial charge in [-0.25, -0.2) is 4.68 Å².